The quantitative estimate of drug-likeness (QED) is 0.748. The van der Waals surface area contributed by atoms with Crippen LogP contribution in [-0.2, 0) is 4.79 Å². The summed E-state index contributed by atoms with van der Waals surface area (Å²) in [6, 6.07) is 2.99. The lowest BCUT2D eigenvalue weighted by molar-refractivity contribution is -0.121. The maximum atomic E-state index is 13.5. The van der Waals surface area contributed by atoms with Gasteiger partial charge in [-0.05, 0) is 38.4 Å². The Balaban J connectivity index is 2.50. The summed E-state index contributed by atoms with van der Waals surface area (Å²) < 4.78 is 27.0. The number of nitrogens with two attached hydrogens (primary N) is 1. The lowest BCUT2D eigenvalue weighted by Gasteiger charge is -2.15. The van der Waals surface area contributed by atoms with Gasteiger partial charge in [-0.1, -0.05) is 12.5 Å². The number of carbonyl (C=O) groups is 1. The van der Waals surface area contributed by atoms with Crippen LogP contribution in [0.3, 0.4) is 0 Å². The molecule has 1 rings (SSSR count). The predicted octanol–water partition coefficient (Wildman–Crippen LogP) is 2.66. The molecule has 1 aromatic carbocycles. The van der Waals surface area contributed by atoms with Gasteiger partial charge < -0.3 is 11.1 Å². The molecule has 0 fully saturated rings. The SMILES string of the molecule is CC(NC(=O)CCCCCN)c1c(F)cccc1F. The molecule has 0 spiro atoms. The number of carbonyl (C=O) groups excluding carboxylic acids is 1. The zero-order valence-corrected chi connectivity index (χ0v) is 11.1. The van der Waals surface area contributed by atoms with Gasteiger partial charge in [0.15, 0.2) is 0 Å². The second-order valence-electron chi connectivity index (χ2n) is 4.52. The second-order valence-corrected chi connectivity index (χ2v) is 4.52. The zero-order chi connectivity index (χ0) is 14.3. The first kappa shape index (κ1) is 15.6. The molecule has 19 heavy (non-hydrogen) atoms. The van der Waals surface area contributed by atoms with Gasteiger partial charge in [0.25, 0.3) is 0 Å². The van der Waals surface area contributed by atoms with E-state index in [-0.39, 0.29) is 11.5 Å². The molecule has 0 aliphatic heterocycles. The van der Waals surface area contributed by atoms with E-state index in [1.165, 1.54) is 18.2 Å². The van der Waals surface area contributed by atoms with E-state index < -0.39 is 17.7 Å². The van der Waals surface area contributed by atoms with Crippen molar-refractivity contribution in [2.75, 3.05) is 6.54 Å². The number of hydrogen-bond acceptors (Lipinski definition) is 2. The Labute approximate surface area is 112 Å². The smallest absolute Gasteiger partial charge is 0.220 e. The Morgan fingerprint density at radius 1 is 1.26 bits per heavy atom. The van der Waals surface area contributed by atoms with Crippen LogP contribution >= 0.6 is 0 Å². The van der Waals surface area contributed by atoms with Gasteiger partial charge in [-0.3, -0.25) is 4.79 Å². The Morgan fingerprint density at radius 2 is 1.89 bits per heavy atom. The third-order valence-corrected chi connectivity index (χ3v) is 2.92. The van der Waals surface area contributed by atoms with Crippen LogP contribution in [0.5, 0.6) is 0 Å². The predicted molar refractivity (Wildman–Crippen MR) is 70.4 cm³/mol. The fraction of sp³-hybridized carbons (Fsp3) is 0.500. The highest BCUT2D eigenvalue weighted by atomic mass is 19.1. The number of rotatable bonds is 7. The van der Waals surface area contributed by atoms with Gasteiger partial charge in [-0.25, -0.2) is 8.78 Å². The number of nitrogens with one attached hydrogen (secondary N) is 1. The van der Waals surface area contributed by atoms with Gasteiger partial charge in [0, 0.05) is 12.0 Å². The molecule has 3 nitrogen and oxygen atoms in total. The summed E-state index contributed by atoms with van der Waals surface area (Å²) in [5.41, 5.74) is 5.25. The molecule has 0 radical (unpaired) electrons. The van der Waals surface area contributed by atoms with Crippen LogP contribution < -0.4 is 11.1 Å². The van der Waals surface area contributed by atoms with E-state index in [1.807, 2.05) is 0 Å². The number of unbranched alkanes of at least 4 members (excludes halogenated alkanes) is 2. The summed E-state index contributed by atoms with van der Waals surface area (Å²) in [5.74, 6) is -1.49. The monoisotopic (exact) mass is 270 g/mol. The third-order valence-electron chi connectivity index (χ3n) is 2.92. The molecule has 0 saturated carbocycles. The minimum atomic E-state index is -0.678. The molecule has 5 heteroatoms. The van der Waals surface area contributed by atoms with E-state index in [4.69, 9.17) is 5.73 Å². The zero-order valence-electron chi connectivity index (χ0n) is 11.1. The Kier molecular flexibility index (Phi) is 6.42. The Hall–Kier alpha value is -1.49. The minimum absolute atomic E-state index is 0.0993. The van der Waals surface area contributed by atoms with Gasteiger partial charge in [-0.15, -0.1) is 0 Å². The molecule has 0 heterocycles. The molecule has 1 atom stereocenters. The minimum Gasteiger partial charge on any atom is -0.349 e. The van der Waals surface area contributed by atoms with E-state index in [9.17, 15) is 13.6 Å². The summed E-state index contributed by atoms with van der Waals surface area (Å²) in [6.07, 6.45) is 2.84. The number of hydrogen-bond donors (Lipinski definition) is 2. The molecule has 0 aliphatic carbocycles. The van der Waals surface area contributed by atoms with Crippen LogP contribution in [0, 0.1) is 11.6 Å². The molecule has 106 valence electrons. The number of amides is 1. The summed E-state index contributed by atoms with van der Waals surface area (Å²) in [4.78, 5) is 11.6. The van der Waals surface area contributed by atoms with E-state index >= 15 is 0 Å². The van der Waals surface area contributed by atoms with Crippen molar-refractivity contribution in [2.24, 2.45) is 5.73 Å². The summed E-state index contributed by atoms with van der Waals surface area (Å²) in [7, 11) is 0. The van der Waals surface area contributed by atoms with Crippen molar-refractivity contribution < 1.29 is 13.6 Å². The normalized spacial score (nSPS) is 12.2. The number of halogens is 2. The van der Waals surface area contributed by atoms with Gasteiger partial charge in [-0.2, -0.15) is 0 Å². The molecular formula is C14H20F2N2O. The molecular weight excluding hydrogens is 250 g/mol. The van der Waals surface area contributed by atoms with Crippen LogP contribution in [-0.4, -0.2) is 12.5 Å². The van der Waals surface area contributed by atoms with E-state index in [0.29, 0.717) is 13.0 Å². The molecule has 0 saturated heterocycles. The standard InChI is InChI=1S/C14H20F2N2O/c1-10(14-11(15)6-5-7-12(14)16)18-13(19)8-3-2-4-9-17/h5-7,10H,2-4,8-9,17H2,1H3,(H,18,19). The van der Waals surface area contributed by atoms with Crippen LogP contribution in [0.1, 0.15) is 44.2 Å². The fourth-order valence-electron chi connectivity index (χ4n) is 1.92. The van der Waals surface area contributed by atoms with Crippen molar-refractivity contribution in [3.63, 3.8) is 0 Å². The first-order chi connectivity index (χ1) is 9.06. The van der Waals surface area contributed by atoms with Crippen molar-refractivity contribution >= 4 is 5.91 Å². The largest absolute Gasteiger partial charge is 0.349 e. The highest BCUT2D eigenvalue weighted by Gasteiger charge is 2.17. The molecule has 1 amide bonds. The number of benzene rings is 1. The van der Waals surface area contributed by atoms with Crippen molar-refractivity contribution in [1.82, 2.24) is 5.32 Å². The first-order valence-electron chi connectivity index (χ1n) is 6.49. The summed E-state index contributed by atoms with van der Waals surface area (Å²) >= 11 is 0. The van der Waals surface area contributed by atoms with Gasteiger partial charge in [0.2, 0.25) is 5.91 Å². The van der Waals surface area contributed by atoms with Crippen molar-refractivity contribution in [3.05, 3.63) is 35.4 Å². The molecule has 3 N–H and O–H groups in total. The van der Waals surface area contributed by atoms with Crippen LogP contribution in [0.4, 0.5) is 8.78 Å². The molecule has 1 aromatic rings. The van der Waals surface area contributed by atoms with Crippen LogP contribution in [0.15, 0.2) is 18.2 Å². The third kappa shape index (κ3) is 4.95. The molecule has 0 bridgehead atoms. The highest BCUT2D eigenvalue weighted by molar-refractivity contribution is 5.76. The maximum Gasteiger partial charge on any atom is 0.220 e. The average Bonchev–Trinajstić information content (AvgIpc) is 2.34. The van der Waals surface area contributed by atoms with Gasteiger partial charge >= 0.3 is 0 Å². The van der Waals surface area contributed by atoms with Crippen LogP contribution in [0.2, 0.25) is 0 Å². The second kappa shape index (κ2) is 7.84. The lowest BCUT2D eigenvalue weighted by Crippen LogP contribution is -2.27. The molecule has 0 aliphatic rings. The van der Waals surface area contributed by atoms with Crippen molar-refractivity contribution in [1.29, 1.82) is 0 Å². The van der Waals surface area contributed by atoms with E-state index in [1.54, 1.807) is 6.92 Å². The Bertz CT molecular complexity index is 404. The maximum absolute atomic E-state index is 13.5. The van der Waals surface area contributed by atoms with Crippen molar-refractivity contribution in [3.8, 4) is 0 Å². The lowest BCUT2D eigenvalue weighted by atomic mass is 10.1. The molecule has 0 aromatic heterocycles. The van der Waals surface area contributed by atoms with E-state index in [2.05, 4.69) is 5.32 Å². The van der Waals surface area contributed by atoms with Gasteiger partial charge in [0.05, 0.1) is 6.04 Å². The van der Waals surface area contributed by atoms with Crippen molar-refractivity contribution in [2.45, 2.75) is 38.6 Å². The summed E-state index contributed by atoms with van der Waals surface area (Å²) in [5, 5.41) is 2.60. The summed E-state index contributed by atoms with van der Waals surface area (Å²) in [6.45, 7) is 2.18. The van der Waals surface area contributed by atoms with Gasteiger partial charge in [0.1, 0.15) is 11.6 Å². The first-order valence-corrected chi connectivity index (χ1v) is 6.49. The highest BCUT2D eigenvalue weighted by Crippen LogP contribution is 2.20. The molecule has 1 unspecified atom stereocenters. The van der Waals surface area contributed by atoms with E-state index in [0.717, 1.165) is 19.3 Å². The average molecular weight is 270 g/mol. The Morgan fingerprint density at radius 3 is 2.47 bits per heavy atom. The van der Waals surface area contributed by atoms with Crippen LogP contribution in [0.25, 0.3) is 0 Å². The topological polar surface area (TPSA) is 55.1 Å². The fourth-order valence-corrected chi connectivity index (χ4v) is 1.92.